The molecule has 27 heavy (non-hydrogen) atoms. The van der Waals surface area contributed by atoms with Crippen LogP contribution in [0, 0.1) is 6.92 Å². The molecule has 0 saturated heterocycles. The van der Waals surface area contributed by atoms with Crippen LogP contribution in [0.3, 0.4) is 0 Å². The fourth-order valence-corrected chi connectivity index (χ4v) is 4.04. The highest BCUT2D eigenvalue weighted by atomic mass is 35.5. The van der Waals surface area contributed by atoms with Crippen molar-refractivity contribution in [3.8, 4) is 11.6 Å². The molecule has 1 aromatic carbocycles. The monoisotopic (exact) mass is 401 g/mol. The van der Waals surface area contributed by atoms with Gasteiger partial charge in [-0.3, -0.25) is 4.57 Å². The van der Waals surface area contributed by atoms with Crippen molar-refractivity contribution in [2.24, 2.45) is 0 Å². The Morgan fingerprint density at radius 2 is 2.11 bits per heavy atom. The first-order chi connectivity index (χ1) is 13.1. The summed E-state index contributed by atoms with van der Waals surface area (Å²) in [6.45, 7) is 4.60. The molecule has 4 aromatic rings. The van der Waals surface area contributed by atoms with Crippen LogP contribution in [0.25, 0.3) is 22.6 Å². The van der Waals surface area contributed by atoms with Crippen LogP contribution in [-0.4, -0.2) is 14.8 Å². The van der Waals surface area contributed by atoms with Crippen LogP contribution in [0.15, 0.2) is 55.4 Å². The number of nitrogens with zero attached hydrogens (tertiary/aromatic N) is 3. The Morgan fingerprint density at radius 1 is 1.26 bits per heavy atom. The van der Waals surface area contributed by atoms with Crippen molar-refractivity contribution in [1.82, 2.24) is 14.8 Å². The molecule has 0 bridgehead atoms. The predicted octanol–water partition coefficient (Wildman–Crippen LogP) is 4.92. The zero-order chi connectivity index (χ0) is 19.0. The average Bonchev–Trinajstić information content (AvgIpc) is 3.30. The fourth-order valence-electron chi connectivity index (χ4n) is 2.88. The van der Waals surface area contributed by atoms with E-state index in [1.807, 2.05) is 36.6 Å². The molecule has 0 radical (unpaired) electrons. The van der Waals surface area contributed by atoms with Crippen molar-refractivity contribution in [1.29, 1.82) is 0 Å². The molecule has 8 heteroatoms. The minimum atomic E-state index is -0.381. The highest BCUT2D eigenvalue weighted by Crippen LogP contribution is 2.30. The number of hydrogen-bond acceptors (Lipinski definition) is 6. The fraction of sp³-hybridized carbons (Fsp3) is 0.211. The third kappa shape index (κ3) is 3.40. The first-order valence-corrected chi connectivity index (χ1v) is 9.76. The van der Waals surface area contributed by atoms with Crippen LogP contribution in [0.2, 0.25) is 5.02 Å². The van der Waals surface area contributed by atoms with Gasteiger partial charge < -0.3 is 8.83 Å². The van der Waals surface area contributed by atoms with Gasteiger partial charge >= 0.3 is 5.63 Å². The lowest BCUT2D eigenvalue weighted by atomic mass is 10.1. The van der Waals surface area contributed by atoms with Gasteiger partial charge in [0.2, 0.25) is 0 Å². The largest absolute Gasteiger partial charge is 0.461 e. The van der Waals surface area contributed by atoms with Gasteiger partial charge in [0.05, 0.1) is 6.26 Å². The number of halogens is 1. The molecule has 138 valence electrons. The minimum Gasteiger partial charge on any atom is -0.461 e. The molecule has 6 nitrogen and oxygen atoms in total. The van der Waals surface area contributed by atoms with E-state index >= 15 is 0 Å². The quantitative estimate of drug-likeness (QED) is 0.349. The van der Waals surface area contributed by atoms with E-state index in [-0.39, 0.29) is 5.63 Å². The summed E-state index contributed by atoms with van der Waals surface area (Å²) in [6, 6.07) is 8.80. The Balaban J connectivity index is 1.68. The summed E-state index contributed by atoms with van der Waals surface area (Å²) in [6.07, 6.45) is 1.61. The molecule has 3 heterocycles. The molecule has 0 amide bonds. The minimum absolute atomic E-state index is 0.381. The smallest absolute Gasteiger partial charge is 0.336 e. The van der Waals surface area contributed by atoms with Gasteiger partial charge in [-0.15, -0.1) is 10.2 Å². The third-order valence-electron chi connectivity index (χ3n) is 4.24. The van der Waals surface area contributed by atoms with Gasteiger partial charge in [-0.1, -0.05) is 23.4 Å². The second-order valence-corrected chi connectivity index (χ2v) is 7.35. The maximum atomic E-state index is 11.9. The van der Waals surface area contributed by atoms with Crippen LogP contribution >= 0.6 is 23.4 Å². The molecule has 3 aromatic heterocycles. The number of benzene rings is 1. The van der Waals surface area contributed by atoms with Crippen molar-refractivity contribution < 1.29 is 8.83 Å². The molecular formula is C19H16ClN3O3S. The Hall–Kier alpha value is -2.51. The first-order valence-electron chi connectivity index (χ1n) is 8.39. The summed E-state index contributed by atoms with van der Waals surface area (Å²) < 4.78 is 12.7. The highest BCUT2D eigenvalue weighted by molar-refractivity contribution is 7.98. The Kier molecular flexibility index (Phi) is 4.80. The van der Waals surface area contributed by atoms with E-state index in [4.69, 9.17) is 20.4 Å². The number of aromatic nitrogens is 3. The van der Waals surface area contributed by atoms with E-state index in [9.17, 15) is 4.79 Å². The van der Waals surface area contributed by atoms with Crippen molar-refractivity contribution >= 4 is 34.3 Å². The number of rotatable bonds is 5. The van der Waals surface area contributed by atoms with Gasteiger partial charge in [0, 0.05) is 28.8 Å². The Labute approximate surface area is 164 Å². The lowest BCUT2D eigenvalue weighted by Gasteiger charge is -2.08. The van der Waals surface area contributed by atoms with Crippen LogP contribution in [-0.2, 0) is 12.3 Å². The van der Waals surface area contributed by atoms with Gasteiger partial charge in [0.15, 0.2) is 16.7 Å². The molecule has 0 aliphatic rings. The summed E-state index contributed by atoms with van der Waals surface area (Å²) in [5.41, 5.74) is 1.87. The van der Waals surface area contributed by atoms with Gasteiger partial charge in [-0.2, -0.15) is 0 Å². The van der Waals surface area contributed by atoms with Gasteiger partial charge in [0.25, 0.3) is 0 Å². The lowest BCUT2D eigenvalue weighted by molar-refractivity contribution is 0.559. The molecule has 0 saturated carbocycles. The maximum Gasteiger partial charge on any atom is 0.336 e. The van der Waals surface area contributed by atoms with E-state index in [2.05, 4.69) is 10.2 Å². The zero-order valence-corrected chi connectivity index (χ0v) is 16.3. The Bertz CT molecular complexity index is 1170. The summed E-state index contributed by atoms with van der Waals surface area (Å²) in [4.78, 5) is 11.9. The van der Waals surface area contributed by atoms with Crippen molar-refractivity contribution in [2.75, 3.05) is 0 Å². The zero-order valence-electron chi connectivity index (χ0n) is 14.7. The molecule has 4 rings (SSSR count). The van der Waals surface area contributed by atoms with Crippen molar-refractivity contribution in [3.63, 3.8) is 0 Å². The van der Waals surface area contributed by atoms with Gasteiger partial charge in [0.1, 0.15) is 5.58 Å². The molecule has 0 N–H and O–H groups in total. The molecular weight excluding hydrogens is 386 g/mol. The van der Waals surface area contributed by atoms with Crippen molar-refractivity contribution in [2.45, 2.75) is 31.3 Å². The molecule has 0 unspecified atom stereocenters. The molecule has 0 spiro atoms. The topological polar surface area (TPSA) is 74.1 Å². The third-order valence-corrected chi connectivity index (χ3v) is 5.66. The second-order valence-electron chi connectivity index (χ2n) is 6.00. The maximum absolute atomic E-state index is 11.9. The molecule has 0 aliphatic carbocycles. The summed E-state index contributed by atoms with van der Waals surface area (Å²) in [5.74, 6) is 1.89. The highest BCUT2D eigenvalue weighted by Gasteiger charge is 2.16. The predicted molar refractivity (Wildman–Crippen MR) is 105 cm³/mol. The average molecular weight is 402 g/mol. The molecule has 0 atom stereocenters. The first kappa shape index (κ1) is 17.9. The van der Waals surface area contributed by atoms with Crippen LogP contribution in [0.5, 0.6) is 0 Å². The number of fused-ring (bicyclic) bond motifs is 1. The molecule has 0 aliphatic heterocycles. The number of furan rings is 1. The number of aryl methyl sites for hydroxylation is 1. The SMILES string of the molecule is CCn1c(SCc2cc(=O)oc3cc(C)c(Cl)cc23)nnc1-c1ccco1. The van der Waals surface area contributed by atoms with Crippen molar-refractivity contribution in [3.05, 3.63) is 63.2 Å². The summed E-state index contributed by atoms with van der Waals surface area (Å²) >= 11 is 7.76. The lowest BCUT2D eigenvalue weighted by Crippen LogP contribution is -2.02. The Morgan fingerprint density at radius 3 is 2.85 bits per heavy atom. The van der Waals surface area contributed by atoms with Gasteiger partial charge in [-0.25, -0.2) is 4.79 Å². The van der Waals surface area contributed by atoms with Crippen LogP contribution in [0.4, 0.5) is 0 Å². The van der Waals surface area contributed by atoms with E-state index in [1.165, 1.54) is 17.8 Å². The van der Waals surface area contributed by atoms with Crippen LogP contribution in [0.1, 0.15) is 18.1 Å². The van der Waals surface area contributed by atoms with E-state index in [0.717, 1.165) is 21.7 Å². The van der Waals surface area contributed by atoms with Gasteiger partial charge in [-0.05, 0) is 49.2 Å². The molecule has 0 fully saturated rings. The summed E-state index contributed by atoms with van der Waals surface area (Å²) in [5, 5.41) is 10.7. The van der Waals surface area contributed by atoms with Crippen LogP contribution < -0.4 is 5.63 Å². The normalized spacial score (nSPS) is 11.4. The van der Waals surface area contributed by atoms with E-state index in [1.54, 1.807) is 12.3 Å². The number of thioether (sulfide) groups is 1. The number of hydrogen-bond donors (Lipinski definition) is 0. The second kappa shape index (κ2) is 7.25. The standard InChI is InChI=1S/C19H16ClN3O3S/c1-3-23-18(15-5-4-6-25-15)21-22-19(23)27-10-12-8-17(24)26-16-7-11(2)14(20)9-13(12)16/h4-9H,3,10H2,1-2H3. The van der Waals surface area contributed by atoms with E-state index in [0.29, 0.717) is 34.5 Å². The summed E-state index contributed by atoms with van der Waals surface area (Å²) in [7, 11) is 0. The van der Waals surface area contributed by atoms with E-state index < -0.39 is 0 Å².